The number of ether oxygens (including phenoxy) is 2. The van der Waals surface area contributed by atoms with E-state index in [1.165, 1.54) is 13.4 Å². The molecular formula is C12H13N3O2. The molecule has 0 aliphatic heterocycles. The molecule has 0 aliphatic rings. The molecule has 0 saturated carbocycles. The van der Waals surface area contributed by atoms with E-state index in [-0.39, 0.29) is 5.82 Å². The standard InChI is InChI=1S/C12H13N3O2/c1-8-3-5-9(6-4-8)17-12-10(16-2)11(13)14-7-15-12/h3-7H,1-2H3,(H2,13,14,15). The number of anilines is 1. The first-order chi connectivity index (χ1) is 8.20. The van der Waals surface area contributed by atoms with E-state index in [1.807, 2.05) is 31.2 Å². The molecule has 0 radical (unpaired) electrons. The number of nitrogens with two attached hydrogens (primary N) is 1. The minimum atomic E-state index is 0.254. The van der Waals surface area contributed by atoms with E-state index in [2.05, 4.69) is 9.97 Å². The van der Waals surface area contributed by atoms with Crippen LogP contribution in [-0.4, -0.2) is 17.1 Å². The van der Waals surface area contributed by atoms with Crippen molar-refractivity contribution in [2.45, 2.75) is 6.92 Å². The van der Waals surface area contributed by atoms with Crippen molar-refractivity contribution in [2.24, 2.45) is 0 Å². The van der Waals surface area contributed by atoms with Crippen molar-refractivity contribution >= 4 is 5.82 Å². The summed E-state index contributed by atoms with van der Waals surface area (Å²) < 4.78 is 10.7. The van der Waals surface area contributed by atoms with Crippen molar-refractivity contribution in [2.75, 3.05) is 12.8 Å². The molecule has 5 heteroatoms. The van der Waals surface area contributed by atoms with E-state index in [0.29, 0.717) is 17.4 Å². The fourth-order valence-corrected chi connectivity index (χ4v) is 1.35. The van der Waals surface area contributed by atoms with Gasteiger partial charge in [-0.15, -0.1) is 0 Å². The second-order valence-corrected chi connectivity index (χ2v) is 3.51. The summed E-state index contributed by atoms with van der Waals surface area (Å²) in [5.74, 6) is 1.58. The number of benzene rings is 1. The summed E-state index contributed by atoms with van der Waals surface area (Å²) >= 11 is 0. The van der Waals surface area contributed by atoms with E-state index in [1.54, 1.807) is 0 Å². The number of rotatable bonds is 3. The molecule has 0 fully saturated rings. The van der Waals surface area contributed by atoms with Gasteiger partial charge in [-0.3, -0.25) is 0 Å². The molecule has 1 heterocycles. The van der Waals surface area contributed by atoms with Crippen molar-refractivity contribution in [3.05, 3.63) is 36.2 Å². The number of methoxy groups -OCH3 is 1. The lowest BCUT2D eigenvalue weighted by Gasteiger charge is -2.09. The van der Waals surface area contributed by atoms with Gasteiger partial charge in [0.25, 0.3) is 5.88 Å². The van der Waals surface area contributed by atoms with Crippen molar-refractivity contribution in [1.29, 1.82) is 0 Å². The lowest BCUT2D eigenvalue weighted by molar-refractivity contribution is 0.369. The fourth-order valence-electron chi connectivity index (χ4n) is 1.35. The zero-order chi connectivity index (χ0) is 12.3. The van der Waals surface area contributed by atoms with Crippen molar-refractivity contribution < 1.29 is 9.47 Å². The lowest BCUT2D eigenvalue weighted by atomic mass is 10.2. The third kappa shape index (κ3) is 2.44. The Hall–Kier alpha value is -2.30. The van der Waals surface area contributed by atoms with Crippen LogP contribution in [0, 0.1) is 6.92 Å². The summed E-state index contributed by atoms with van der Waals surface area (Å²) in [6.45, 7) is 2.01. The maximum absolute atomic E-state index is 5.65. The summed E-state index contributed by atoms with van der Waals surface area (Å²) in [7, 11) is 1.50. The van der Waals surface area contributed by atoms with Gasteiger partial charge in [-0.05, 0) is 19.1 Å². The molecule has 0 bridgehead atoms. The minimum Gasteiger partial charge on any atom is -0.489 e. The SMILES string of the molecule is COc1c(N)ncnc1Oc1ccc(C)cc1. The molecule has 1 aromatic carbocycles. The second-order valence-electron chi connectivity index (χ2n) is 3.51. The zero-order valence-corrected chi connectivity index (χ0v) is 9.68. The van der Waals surface area contributed by atoms with Gasteiger partial charge in [0.05, 0.1) is 7.11 Å². The van der Waals surface area contributed by atoms with Crippen molar-refractivity contribution in [1.82, 2.24) is 9.97 Å². The number of hydrogen-bond acceptors (Lipinski definition) is 5. The third-order valence-corrected chi connectivity index (χ3v) is 2.24. The Labute approximate surface area is 99.2 Å². The first-order valence-corrected chi connectivity index (χ1v) is 5.09. The van der Waals surface area contributed by atoms with Crippen molar-refractivity contribution in [3.63, 3.8) is 0 Å². The number of aryl methyl sites for hydroxylation is 1. The highest BCUT2D eigenvalue weighted by Gasteiger charge is 2.11. The Balaban J connectivity index is 2.29. The maximum Gasteiger partial charge on any atom is 0.268 e. The molecule has 0 saturated heterocycles. The molecule has 1 aromatic heterocycles. The van der Waals surface area contributed by atoms with Gasteiger partial charge in [0.15, 0.2) is 5.82 Å². The number of hydrogen-bond donors (Lipinski definition) is 1. The van der Waals surface area contributed by atoms with Crippen LogP contribution in [0.15, 0.2) is 30.6 Å². The van der Waals surface area contributed by atoms with Crippen LogP contribution in [-0.2, 0) is 0 Å². The van der Waals surface area contributed by atoms with Crippen LogP contribution in [0.4, 0.5) is 5.82 Å². The normalized spacial score (nSPS) is 10.0. The van der Waals surface area contributed by atoms with Crippen LogP contribution in [0.2, 0.25) is 0 Å². The third-order valence-electron chi connectivity index (χ3n) is 2.24. The minimum absolute atomic E-state index is 0.254. The highest BCUT2D eigenvalue weighted by atomic mass is 16.5. The number of nitrogen functional groups attached to an aromatic ring is 1. The highest BCUT2D eigenvalue weighted by Crippen LogP contribution is 2.32. The van der Waals surface area contributed by atoms with E-state index in [9.17, 15) is 0 Å². The Morgan fingerprint density at radius 3 is 2.47 bits per heavy atom. The van der Waals surface area contributed by atoms with E-state index in [4.69, 9.17) is 15.2 Å². The van der Waals surface area contributed by atoms with Crippen LogP contribution in [0.25, 0.3) is 0 Å². The molecule has 5 nitrogen and oxygen atoms in total. The number of aromatic nitrogens is 2. The largest absolute Gasteiger partial charge is 0.489 e. The Morgan fingerprint density at radius 1 is 1.12 bits per heavy atom. The van der Waals surface area contributed by atoms with Crippen LogP contribution in [0.3, 0.4) is 0 Å². The molecule has 0 unspecified atom stereocenters. The van der Waals surface area contributed by atoms with E-state index < -0.39 is 0 Å². The summed E-state index contributed by atoms with van der Waals surface area (Å²) in [6, 6.07) is 7.61. The number of nitrogens with zero attached hydrogens (tertiary/aromatic N) is 2. The summed E-state index contributed by atoms with van der Waals surface area (Å²) in [5.41, 5.74) is 6.81. The van der Waals surface area contributed by atoms with Crippen LogP contribution < -0.4 is 15.2 Å². The smallest absolute Gasteiger partial charge is 0.268 e. The van der Waals surface area contributed by atoms with Crippen LogP contribution in [0.5, 0.6) is 17.4 Å². The average molecular weight is 231 g/mol. The van der Waals surface area contributed by atoms with Gasteiger partial charge in [0, 0.05) is 0 Å². The Morgan fingerprint density at radius 2 is 1.82 bits per heavy atom. The lowest BCUT2D eigenvalue weighted by Crippen LogP contribution is -2.00. The second kappa shape index (κ2) is 4.69. The first-order valence-electron chi connectivity index (χ1n) is 5.09. The highest BCUT2D eigenvalue weighted by molar-refractivity contribution is 5.52. The molecule has 0 spiro atoms. The topological polar surface area (TPSA) is 70.3 Å². The Kier molecular flexibility index (Phi) is 3.09. The van der Waals surface area contributed by atoms with Gasteiger partial charge in [0.2, 0.25) is 5.75 Å². The fraction of sp³-hybridized carbons (Fsp3) is 0.167. The first kappa shape index (κ1) is 11.2. The molecule has 2 N–H and O–H groups in total. The predicted octanol–water partition coefficient (Wildman–Crippen LogP) is 2.17. The maximum atomic E-state index is 5.65. The van der Waals surface area contributed by atoms with Crippen LogP contribution in [0.1, 0.15) is 5.56 Å². The molecule has 0 atom stereocenters. The molecular weight excluding hydrogens is 218 g/mol. The summed E-state index contributed by atoms with van der Waals surface area (Å²) in [6.07, 6.45) is 1.33. The molecule has 0 amide bonds. The molecule has 2 aromatic rings. The van der Waals surface area contributed by atoms with Gasteiger partial charge >= 0.3 is 0 Å². The van der Waals surface area contributed by atoms with Gasteiger partial charge < -0.3 is 15.2 Å². The quantitative estimate of drug-likeness (QED) is 0.876. The van der Waals surface area contributed by atoms with Gasteiger partial charge in [0.1, 0.15) is 12.1 Å². The molecule has 88 valence electrons. The molecule has 0 aliphatic carbocycles. The van der Waals surface area contributed by atoms with E-state index >= 15 is 0 Å². The van der Waals surface area contributed by atoms with Gasteiger partial charge in [-0.25, -0.2) is 4.98 Å². The monoisotopic (exact) mass is 231 g/mol. The van der Waals surface area contributed by atoms with Crippen LogP contribution >= 0.6 is 0 Å². The van der Waals surface area contributed by atoms with E-state index in [0.717, 1.165) is 5.56 Å². The molecule has 17 heavy (non-hydrogen) atoms. The average Bonchev–Trinajstić information content (AvgIpc) is 2.32. The van der Waals surface area contributed by atoms with Gasteiger partial charge in [-0.2, -0.15) is 4.98 Å². The molecule has 2 rings (SSSR count). The van der Waals surface area contributed by atoms with Crippen molar-refractivity contribution in [3.8, 4) is 17.4 Å². The zero-order valence-electron chi connectivity index (χ0n) is 9.68. The predicted molar refractivity (Wildman–Crippen MR) is 64.2 cm³/mol. The Bertz CT molecular complexity index is 512. The summed E-state index contributed by atoms with van der Waals surface area (Å²) in [5, 5.41) is 0. The summed E-state index contributed by atoms with van der Waals surface area (Å²) in [4.78, 5) is 7.82. The van der Waals surface area contributed by atoms with Gasteiger partial charge in [-0.1, -0.05) is 17.7 Å².